The Morgan fingerprint density at radius 3 is 2.48 bits per heavy atom. The van der Waals surface area contributed by atoms with E-state index in [4.69, 9.17) is 4.98 Å². The molecule has 0 N–H and O–H groups in total. The normalized spacial score (nSPS) is 18.8. The number of para-hydroxylation sites is 1. The molecule has 4 heterocycles. The number of rotatable bonds is 5. The maximum atomic E-state index is 12.8. The van der Waals surface area contributed by atoms with Gasteiger partial charge in [0.15, 0.2) is 0 Å². The second kappa shape index (κ2) is 8.61. The summed E-state index contributed by atoms with van der Waals surface area (Å²) in [5.74, 6) is 0.482. The summed E-state index contributed by atoms with van der Waals surface area (Å²) in [5, 5.41) is 1.17. The molecule has 0 bridgehead atoms. The quantitative estimate of drug-likeness (QED) is 0.557. The van der Waals surface area contributed by atoms with Crippen molar-refractivity contribution in [2.75, 3.05) is 26.2 Å². The van der Waals surface area contributed by atoms with Gasteiger partial charge < -0.3 is 4.90 Å². The van der Waals surface area contributed by atoms with Gasteiger partial charge >= 0.3 is 0 Å². The van der Waals surface area contributed by atoms with Crippen LogP contribution in [0.4, 0.5) is 0 Å². The van der Waals surface area contributed by atoms with Crippen LogP contribution in [-0.2, 0) is 21.2 Å². The van der Waals surface area contributed by atoms with Crippen LogP contribution >= 0.6 is 22.7 Å². The molecule has 0 aliphatic carbocycles. The van der Waals surface area contributed by atoms with E-state index in [0.29, 0.717) is 23.2 Å². The van der Waals surface area contributed by atoms with Crippen molar-refractivity contribution in [1.82, 2.24) is 14.2 Å². The van der Waals surface area contributed by atoms with Crippen molar-refractivity contribution in [3.63, 3.8) is 0 Å². The summed E-state index contributed by atoms with van der Waals surface area (Å²) >= 11 is 2.99. The van der Waals surface area contributed by atoms with Crippen molar-refractivity contribution in [2.45, 2.75) is 42.2 Å². The monoisotopic (exact) mass is 475 g/mol. The van der Waals surface area contributed by atoms with E-state index in [1.807, 2.05) is 23.1 Å². The Balaban J connectivity index is 1.19. The molecule has 2 aliphatic rings. The molecule has 2 aliphatic heterocycles. The van der Waals surface area contributed by atoms with Crippen LogP contribution < -0.4 is 0 Å². The Morgan fingerprint density at radius 1 is 1.00 bits per heavy atom. The molecule has 0 unspecified atom stereocenters. The number of fused-ring (bicyclic) bond motifs is 1. The van der Waals surface area contributed by atoms with Crippen molar-refractivity contribution in [2.24, 2.45) is 0 Å². The van der Waals surface area contributed by atoms with Gasteiger partial charge in [-0.15, -0.1) is 22.7 Å². The molecule has 3 aromatic rings. The summed E-state index contributed by atoms with van der Waals surface area (Å²) in [6, 6.07) is 11.7. The fourth-order valence-corrected chi connectivity index (χ4v) is 8.50. The summed E-state index contributed by atoms with van der Waals surface area (Å²) in [4.78, 5) is 20.3. The van der Waals surface area contributed by atoms with Crippen LogP contribution in [0.1, 0.15) is 41.5 Å². The van der Waals surface area contributed by atoms with Gasteiger partial charge in [0.05, 0.1) is 21.6 Å². The number of hydrogen-bond donors (Lipinski definition) is 0. The summed E-state index contributed by atoms with van der Waals surface area (Å²) < 4.78 is 28.5. The third-order valence-corrected chi connectivity index (χ3v) is 10.8. The largest absolute Gasteiger partial charge is 0.342 e. The topological polar surface area (TPSA) is 70.6 Å². The molecule has 31 heavy (non-hydrogen) atoms. The smallest absolute Gasteiger partial charge is 0.252 e. The van der Waals surface area contributed by atoms with Crippen LogP contribution in [0.5, 0.6) is 0 Å². The predicted octanol–water partition coefficient (Wildman–Crippen LogP) is 4.09. The van der Waals surface area contributed by atoms with Crippen LogP contribution in [0.25, 0.3) is 10.2 Å². The van der Waals surface area contributed by atoms with Crippen LogP contribution in [0.15, 0.2) is 40.6 Å². The fourth-order valence-electron chi connectivity index (χ4n) is 4.35. The number of benzene rings is 1. The molecule has 0 radical (unpaired) electrons. The van der Waals surface area contributed by atoms with E-state index >= 15 is 0 Å². The number of sulfonamides is 1. The molecule has 1 aromatic carbocycles. The second-order valence-corrected chi connectivity index (χ2v) is 12.6. The van der Waals surface area contributed by atoms with Gasteiger partial charge in [-0.3, -0.25) is 4.79 Å². The van der Waals surface area contributed by atoms with E-state index in [1.165, 1.54) is 21.0 Å². The van der Waals surface area contributed by atoms with E-state index in [1.54, 1.807) is 27.8 Å². The fraction of sp³-hybridized carbons (Fsp3) is 0.455. The molecule has 0 atom stereocenters. The second-order valence-electron chi connectivity index (χ2n) is 8.18. The average Bonchev–Trinajstić information content (AvgIpc) is 3.54. The lowest BCUT2D eigenvalue weighted by Crippen LogP contribution is -2.38. The first kappa shape index (κ1) is 21.1. The van der Waals surface area contributed by atoms with Crippen molar-refractivity contribution in [3.8, 4) is 0 Å². The zero-order chi connectivity index (χ0) is 21.4. The minimum atomic E-state index is -3.41. The number of thiophene rings is 1. The summed E-state index contributed by atoms with van der Waals surface area (Å²) in [6.07, 6.45) is 3.95. The van der Waals surface area contributed by atoms with Gasteiger partial charge in [0.1, 0.15) is 4.21 Å². The van der Waals surface area contributed by atoms with E-state index in [-0.39, 0.29) is 12.3 Å². The standard InChI is InChI=1S/C22H25N3O3S3/c26-20(15-17-7-8-21(29-17)31(27,28)25-11-3-4-12-25)24-13-9-16(10-14-24)22-23-18-5-1-2-6-19(18)30-22/h1-2,5-8,16H,3-4,9-15H2. The zero-order valence-corrected chi connectivity index (χ0v) is 19.6. The lowest BCUT2D eigenvalue weighted by atomic mass is 9.97. The Bertz CT molecular complexity index is 1150. The lowest BCUT2D eigenvalue weighted by Gasteiger charge is -2.31. The molecule has 0 spiro atoms. The number of aromatic nitrogens is 1. The molecule has 2 aromatic heterocycles. The highest BCUT2D eigenvalue weighted by molar-refractivity contribution is 7.91. The SMILES string of the molecule is O=C(Cc1ccc(S(=O)(=O)N2CCCC2)s1)N1CCC(c2nc3ccccc3s2)CC1. The van der Waals surface area contributed by atoms with Crippen LogP contribution in [0.2, 0.25) is 0 Å². The van der Waals surface area contributed by atoms with E-state index in [9.17, 15) is 13.2 Å². The predicted molar refractivity (Wildman–Crippen MR) is 124 cm³/mol. The lowest BCUT2D eigenvalue weighted by molar-refractivity contribution is -0.131. The van der Waals surface area contributed by atoms with Gasteiger partial charge in [-0.05, 0) is 49.9 Å². The van der Waals surface area contributed by atoms with Crippen molar-refractivity contribution < 1.29 is 13.2 Å². The molecule has 164 valence electrons. The van der Waals surface area contributed by atoms with Gasteiger partial charge in [-0.1, -0.05) is 12.1 Å². The number of carbonyl (C=O) groups excluding carboxylic acids is 1. The molecule has 0 saturated carbocycles. The van der Waals surface area contributed by atoms with E-state index in [2.05, 4.69) is 6.07 Å². The number of amides is 1. The first-order valence-electron chi connectivity index (χ1n) is 10.7. The van der Waals surface area contributed by atoms with Gasteiger partial charge in [0.25, 0.3) is 10.0 Å². The highest BCUT2D eigenvalue weighted by Crippen LogP contribution is 2.34. The van der Waals surface area contributed by atoms with Gasteiger partial charge in [-0.25, -0.2) is 13.4 Å². The molecule has 9 heteroatoms. The van der Waals surface area contributed by atoms with Crippen LogP contribution in [-0.4, -0.2) is 54.7 Å². The Morgan fingerprint density at radius 2 is 1.74 bits per heavy atom. The zero-order valence-electron chi connectivity index (χ0n) is 17.2. The maximum Gasteiger partial charge on any atom is 0.252 e. The van der Waals surface area contributed by atoms with Crippen molar-refractivity contribution in [1.29, 1.82) is 0 Å². The number of nitrogens with zero attached hydrogens (tertiary/aromatic N) is 3. The molecule has 5 rings (SSSR count). The first-order valence-corrected chi connectivity index (χ1v) is 13.8. The minimum Gasteiger partial charge on any atom is -0.342 e. The number of hydrogen-bond acceptors (Lipinski definition) is 6. The molecule has 1 amide bonds. The molecule has 6 nitrogen and oxygen atoms in total. The number of carbonyl (C=O) groups is 1. The number of likely N-dealkylation sites (tertiary alicyclic amines) is 1. The van der Waals surface area contributed by atoms with E-state index in [0.717, 1.165) is 49.2 Å². The molecule has 2 fully saturated rings. The summed E-state index contributed by atoms with van der Waals surface area (Å²) in [7, 11) is -3.41. The van der Waals surface area contributed by atoms with E-state index < -0.39 is 10.0 Å². The average molecular weight is 476 g/mol. The summed E-state index contributed by atoms with van der Waals surface area (Å²) in [5.41, 5.74) is 1.05. The van der Waals surface area contributed by atoms with Gasteiger partial charge in [0.2, 0.25) is 5.91 Å². The maximum absolute atomic E-state index is 12.8. The minimum absolute atomic E-state index is 0.0784. The Labute approximate surface area is 190 Å². The molecule has 2 saturated heterocycles. The summed E-state index contributed by atoms with van der Waals surface area (Å²) in [6.45, 7) is 2.64. The van der Waals surface area contributed by atoms with Crippen molar-refractivity contribution >= 4 is 48.8 Å². The molecular weight excluding hydrogens is 450 g/mol. The molecular formula is C22H25N3O3S3. The third-order valence-electron chi connectivity index (χ3n) is 6.13. The highest BCUT2D eigenvalue weighted by atomic mass is 32.2. The van der Waals surface area contributed by atoms with Gasteiger partial charge in [0, 0.05) is 37.0 Å². The number of piperidine rings is 1. The van der Waals surface area contributed by atoms with Crippen LogP contribution in [0, 0.1) is 0 Å². The Kier molecular flexibility index (Phi) is 5.85. The highest BCUT2D eigenvalue weighted by Gasteiger charge is 2.30. The van der Waals surface area contributed by atoms with Crippen LogP contribution in [0.3, 0.4) is 0 Å². The third kappa shape index (κ3) is 4.28. The van der Waals surface area contributed by atoms with Crippen molar-refractivity contribution in [3.05, 3.63) is 46.3 Å². The number of thiazole rings is 1. The Hall–Kier alpha value is -1.81. The van der Waals surface area contributed by atoms with Gasteiger partial charge in [-0.2, -0.15) is 4.31 Å². The first-order chi connectivity index (χ1) is 15.0.